The number of nitrogens with one attached hydrogen (secondary N) is 3. The first-order valence-electron chi connectivity index (χ1n) is 14.2. The normalized spacial score (nSPS) is 11.0. The highest BCUT2D eigenvalue weighted by molar-refractivity contribution is 8.00. The van der Waals surface area contributed by atoms with Crippen molar-refractivity contribution in [1.29, 1.82) is 0 Å². The molecule has 0 aliphatic rings. The van der Waals surface area contributed by atoms with E-state index in [-0.39, 0.29) is 17.4 Å². The van der Waals surface area contributed by atoms with Crippen molar-refractivity contribution in [3.63, 3.8) is 0 Å². The predicted octanol–water partition coefficient (Wildman–Crippen LogP) is 7.62. The Morgan fingerprint density at radius 2 is 1.66 bits per heavy atom. The van der Waals surface area contributed by atoms with Gasteiger partial charge in [0.25, 0.3) is 11.8 Å². The van der Waals surface area contributed by atoms with E-state index >= 15 is 0 Å². The summed E-state index contributed by atoms with van der Waals surface area (Å²) in [5.74, 6) is -0.223. The van der Waals surface area contributed by atoms with Crippen molar-refractivity contribution in [3.05, 3.63) is 124 Å². The summed E-state index contributed by atoms with van der Waals surface area (Å²) in [6.45, 7) is 0. The average molecular weight is 685 g/mol. The van der Waals surface area contributed by atoms with Gasteiger partial charge in [0.1, 0.15) is 5.70 Å². The smallest absolute Gasteiger partial charge is 0.272 e. The fourth-order valence-electron chi connectivity index (χ4n) is 4.37. The van der Waals surface area contributed by atoms with Crippen LogP contribution in [0.2, 0.25) is 5.02 Å². The quantitative estimate of drug-likeness (QED) is 0.0914. The van der Waals surface area contributed by atoms with Crippen LogP contribution in [0.15, 0.2) is 113 Å². The highest BCUT2D eigenvalue weighted by Gasteiger charge is 2.18. The summed E-state index contributed by atoms with van der Waals surface area (Å²) in [5.41, 5.74) is 3.03. The Kier molecular flexibility index (Phi) is 11.3. The van der Waals surface area contributed by atoms with Crippen molar-refractivity contribution in [2.45, 2.75) is 4.90 Å². The van der Waals surface area contributed by atoms with E-state index in [2.05, 4.69) is 20.9 Å². The van der Waals surface area contributed by atoms with Gasteiger partial charge < -0.3 is 25.4 Å². The van der Waals surface area contributed by atoms with Crippen molar-refractivity contribution in [2.24, 2.45) is 0 Å². The molecule has 0 bridgehead atoms. The lowest BCUT2D eigenvalue weighted by Gasteiger charge is -2.14. The highest BCUT2D eigenvalue weighted by atomic mass is 35.5. The average Bonchev–Trinajstić information content (AvgIpc) is 3.56. The molecule has 238 valence electrons. The van der Waals surface area contributed by atoms with Gasteiger partial charge in [-0.2, -0.15) is 0 Å². The number of thioether (sulfide) groups is 1. The van der Waals surface area contributed by atoms with Gasteiger partial charge in [-0.05, 0) is 54.6 Å². The summed E-state index contributed by atoms with van der Waals surface area (Å²) in [4.78, 5) is 44.6. The minimum atomic E-state index is -0.556. The minimum Gasteiger partial charge on any atom is -0.493 e. The molecule has 47 heavy (non-hydrogen) atoms. The number of benzene rings is 4. The van der Waals surface area contributed by atoms with E-state index in [1.165, 1.54) is 43.4 Å². The van der Waals surface area contributed by atoms with E-state index in [0.717, 1.165) is 16.2 Å². The Morgan fingerprint density at radius 1 is 0.894 bits per heavy atom. The number of nitrogens with zero attached hydrogens (tertiary/aromatic N) is 1. The molecule has 0 saturated carbocycles. The summed E-state index contributed by atoms with van der Waals surface area (Å²) in [6, 6.07) is 28.2. The zero-order chi connectivity index (χ0) is 33.2. The van der Waals surface area contributed by atoms with E-state index in [1.807, 2.05) is 23.6 Å². The molecule has 0 aliphatic carbocycles. The van der Waals surface area contributed by atoms with E-state index < -0.39 is 11.8 Å². The van der Waals surface area contributed by atoms with E-state index in [9.17, 15) is 14.4 Å². The lowest BCUT2D eigenvalue weighted by atomic mass is 10.1. The molecule has 0 fully saturated rings. The molecular weight excluding hydrogens is 656 g/mol. The van der Waals surface area contributed by atoms with Gasteiger partial charge in [-0.3, -0.25) is 14.4 Å². The van der Waals surface area contributed by atoms with Crippen LogP contribution in [0.1, 0.15) is 15.9 Å². The molecule has 5 rings (SSSR count). The number of hydrogen-bond acceptors (Lipinski definition) is 8. The van der Waals surface area contributed by atoms with Crippen LogP contribution in [0.5, 0.6) is 11.5 Å². The number of halogens is 1. The third-order valence-corrected chi connectivity index (χ3v) is 8.62. The number of ether oxygens (including phenoxy) is 2. The minimum absolute atomic E-state index is 0.00995. The first-order valence-corrected chi connectivity index (χ1v) is 16.4. The topological polar surface area (TPSA) is 119 Å². The standard InChI is InChI=1S/C35H29ClN4O5S2/c1-44-30-13-6-10-24(32(30)45-2)18-28(38-33(42)23-8-4-3-5-9-23)34(43)37-26-11-7-12-27(19-26)46-21-31(41)40-35-39-29(20-47-35)22-14-16-25(36)17-15-22/h3-20H,21H2,1-2H3,(H,37,43)(H,38,42)(H,39,40,41)/b28-18+. The molecule has 4 aromatic carbocycles. The fraction of sp³-hybridized carbons (Fsp3) is 0.0857. The van der Waals surface area contributed by atoms with Gasteiger partial charge in [-0.1, -0.05) is 60.1 Å². The van der Waals surface area contributed by atoms with Crippen LogP contribution >= 0.6 is 34.7 Å². The predicted molar refractivity (Wildman–Crippen MR) is 188 cm³/mol. The van der Waals surface area contributed by atoms with E-state index in [4.69, 9.17) is 21.1 Å². The van der Waals surface area contributed by atoms with E-state index in [0.29, 0.717) is 38.5 Å². The third-order valence-electron chi connectivity index (χ3n) is 6.61. The molecule has 0 atom stereocenters. The van der Waals surface area contributed by atoms with Gasteiger partial charge in [0, 0.05) is 37.7 Å². The van der Waals surface area contributed by atoms with Crippen molar-refractivity contribution < 1.29 is 23.9 Å². The first-order chi connectivity index (χ1) is 22.8. The monoisotopic (exact) mass is 684 g/mol. The molecule has 9 nitrogen and oxygen atoms in total. The summed E-state index contributed by atoms with van der Waals surface area (Å²) in [6.07, 6.45) is 1.53. The highest BCUT2D eigenvalue weighted by Crippen LogP contribution is 2.32. The second kappa shape index (κ2) is 15.9. The Hall–Kier alpha value is -5.10. The number of amides is 3. The van der Waals surface area contributed by atoms with Gasteiger partial charge in [0.2, 0.25) is 5.91 Å². The lowest BCUT2D eigenvalue weighted by molar-refractivity contribution is -0.114. The maximum Gasteiger partial charge on any atom is 0.272 e. The summed E-state index contributed by atoms with van der Waals surface area (Å²) < 4.78 is 10.9. The van der Waals surface area contributed by atoms with Gasteiger partial charge in [0.05, 0.1) is 25.7 Å². The number of hydrogen-bond donors (Lipinski definition) is 3. The van der Waals surface area contributed by atoms with Crippen LogP contribution in [0.3, 0.4) is 0 Å². The van der Waals surface area contributed by atoms with Crippen molar-refractivity contribution in [1.82, 2.24) is 10.3 Å². The second-order valence-electron chi connectivity index (χ2n) is 9.82. The Bertz CT molecular complexity index is 1910. The molecule has 0 unspecified atom stereocenters. The number of aromatic nitrogens is 1. The molecule has 0 radical (unpaired) electrons. The van der Waals surface area contributed by atoms with Crippen molar-refractivity contribution in [2.75, 3.05) is 30.6 Å². The molecule has 5 aromatic rings. The number of para-hydroxylation sites is 1. The summed E-state index contributed by atoms with van der Waals surface area (Å²) in [7, 11) is 3.01. The molecule has 0 aliphatic heterocycles. The molecule has 0 spiro atoms. The SMILES string of the molecule is COc1cccc(/C=C(/NC(=O)c2ccccc2)C(=O)Nc2cccc(SCC(=O)Nc3nc(-c4ccc(Cl)cc4)cs3)c2)c1OC. The molecule has 1 aromatic heterocycles. The number of carbonyl (C=O) groups excluding carboxylic acids is 3. The largest absolute Gasteiger partial charge is 0.493 e. The van der Waals surface area contributed by atoms with Gasteiger partial charge in [-0.25, -0.2) is 4.98 Å². The molecule has 3 N–H and O–H groups in total. The Balaban J connectivity index is 1.27. The maximum absolute atomic E-state index is 13.6. The van der Waals surface area contributed by atoms with Crippen molar-refractivity contribution >= 4 is 69.3 Å². The summed E-state index contributed by atoms with van der Waals surface area (Å²) >= 11 is 8.61. The molecular formula is C35H29ClN4O5S2. The zero-order valence-electron chi connectivity index (χ0n) is 25.3. The van der Waals surface area contributed by atoms with Crippen LogP contribution in [0.25, 0.3) is 17.3 Å². The second-order valence-corrected chi connectivity index (χ2v) is 12.2. The summed E-state index contributed by atoms with van der Waals surface area (Å²) in [5, 5.41) is 11.4. The van der Waals surface area contributed by atoms with Crippen LogP contribution in [-0.4, -0.2) is 42.7 Å². The fourth-order valence-corrected chi connectivity index (χ4v) is 5.99. The zero-order valence-corrected chi connectivity index (χ0v) is 27.7. The van der Waals surface area contributed by atoms with Crippen LogP contribution < -0.4 is 25.4 Å². The molecule has 3 amide bonds. The number of anilines is 2. The number of methoxy groups -OCH3 is 2. The van der Waals surface area contributed by atoms with Crippen LogP contribution in [0.4, 0.5) is 10.8 Å². The molecule has 0 saturated heterocycles. The Morgan fingerprint density at radius 3 is 2.40 bits per heavy atom. The van der Waals surface area contributed by atoms with Gasteiger partial charge in [-0.15, -0.1) is 23.1 Å². The van der Waals surface area contributed by atoms with Gasteiger partial charge in [0.15, 0.2) is 16.6 Å². The van der Waals surface area contributed by atoms with Crippen molar-refractivity contribution in [3.8, 4) is 22.8 Å². The molecule has 12 heteroatoms. The first kappa shape index (κ1) is 33.3. The van der Waals surface area contributed by atoms with Gasteiger partial charge >= 0.3 is 0 Å². The Labute approximate surface area is 285 Å². The van der Waals surface area contributed by atoms with Crippen LogP contribution in [0, 0.1) is 0 Å². The maximum atomic E-state index is 13.6. The third kappa shape index (κ3) is 9.01. The number of rotatable bonds is 12. The number of thiazole rings is 1. The lowest BCUT2D eigenvalue weighted by Crippen LogP contribution is -2.30. The van der Waals surface area contributed by atoms with E-state index in [1.54, 1.807) is 78.9 Å². The molecule has 1 heterocycles. The van der Waals surface area contributed by atoms with Crippen LogP contribution in [-0.2, 0) is 9.59 Å². The number of carbonyl (C=O) groups is 3.